The van der Waals surface area contributed by atoms with E-state index in [-0.39, 0.29) is 11.6 Å². The van der Waals surface area contributed by atoms with Crippen molar-refractivity contribution in [2.24, 2.45) is 0 Å². The summed E-state index contributed by atoms with van der Waals surface area (Å²) < 4.78 is 19.5. The van der Waals surface area contributed by atoms with Crippen molar-refractivity contribution in [3.05, 3.63) is 18.0 Å². The van der Waals surface area contributed by atoms with E-state index in [2.05, 4.69) is 20.3 Å². The lowest BCUT2D eigenvalue weighted by Crippen LogP contribution is -2.30. The number of fused-ring (bicyclic) bond motifs is 1. The van der Waals surface area contributed by atoms with Crippen LogP contribution in [0, 0.1) is 0 Å². The second-order valence-electron chi connectivity index (χ2n) is 5.17. The first kappa shape index (κ1) is 14.7. The second kappa shape index (κ2) is 6.27. The van der Waals surface area contributed by atoms with Crippen LogP contribution in [0.4, 0.5) is 10.2 Å². The van der Waals surface area contributed by atoms with Gasteiger partial charge in [-0.3, -0.25) is 0 Å². The maximum atomic E-state index is 12.4. The number of aryl methyl sites for hydroxylation is 1. The van der Waals surface area contributed by atoms with Gasteiger partial charge in [-0.25, -0.2) is 19.4 Å². The molecule has 0 amide bonds. The first-order valence-electron chi connectivity index (χ1n) is 7.26. The zero-order valence-electron chi connectivity index (χ0n) is 12.2. The van der Waals surface area contributed by atoms with Crippen molar-refractivity contribution >= 4 is 22.7 Å². The van der Waals surface area contributed by atoms with Gasteiger partial charge in [0.05, 0.1) is 23.9 Å². The maximum Gasteiger partial charge on any atom is 0.383 e. The third kappa shape index (κ3) is 2.61. The molecular formula is C14H17FN4O3. The Morgan fingerprint density at radius 2 is 2.45 bits per heavy atom. The number of halogens is 1. The zero-order chi connectivity index (χ0) is 15.5. The Morgan fingerprint density at radius 1 is 1.59 bits per heavy atom. The standard InChI is InChI=1S/C14H17FN4O3/c1-2-19-13-10(7-17-19)12(11(6-16-13)14(20)22-15)18-9-4-3-5-21-8-9/h6-7,9H,2-5,8H2,1H3,(H,16,18). The minimum absolute atomic E-state index is 0.0514. The number of ether oxygens (including phenoxy) is 1. The molecule has 118 valence electrons. The highest BCUT2D eigenvalue weighted by Crippen LogP contribution is 2.28. The molecule has 0 aromatic carbocycles. The summed E-state index contributed by atoms with van der Waals surface area (Å²) in [6.45, 7) is 3.86. The Kier molecular flexibility index (Phi) is 4.19. The van der Waals surface area contributed by atoms with Gasteiger partial charge in [0.25, 0.3) is 0 Å². The van der Waals surface area contributed by atoms with Gasteiger partial charge in [-0.05, 0) is 19.8 Å². The van der Waals surface area contributed by atoms with Crippen LogP contribution in [0.1, 0.15) is 30.1 Å². The van der Waals surface area contributed by atoms with Crippen LogP contribution < -0.4 is 5.32 Å². The molecule has 0 spiro atoms. The second-order valence-corrected chi connectivity index (χ2v) is 5.17. The Labute approximate surface area is 126 Å². The van der Waals surface area contributed by atoms with Gasteiger partial charge in [-0.2, -0.15) is 5.10 Å². The molecule has 0 bridgehead atoms. The molecule has 0 aliphatic carbocycles. The summed E-state index contributed by atoms with van der Waals surface area (Å²) in [6.07, 6.45) is 4.77. The normalized spacial score (nSPS) is 18.4. The van der Waals surface area contributed by atoms with Crippen LogP contribution in [0.25, 0.3) is 11.0 Å². The molecule has 2 aromatic heterocycles. The van der Waals surface area contributed by atoms with Crippen molar-refractivity contribution in [2.75, 3.05) is 18.5 Å². The van der Waals surface area contributed by atoms with Crippen LogP contribution in [-0.4, -0.2) is 40.0 Å². The smallest absolute Gasteiger partial charge is 0.379 e. The fourth-order valence-corrected chi connectivity index (χ4v) is 2.67. The molecule has 1 atom stereocenters. The van der Waals surface area contributed by atoms with Crippen LogP contribution in [-0.2, 0) is 16.2 Å². The summed E-state index contributed by atoms with van der Waals surface area (Å²) in [5.41, 5.74) is 1.18. The minimum atomic E-state index is -1.07. The number of nitrogens with one attached hydrogen (secondary N) is 1. The van der Waals surface area contributed by atoms with Gasteiger partial charge < -0.3 is 10.1 Å². The van der Waals surface area contributed by atoms with E-state index in [0.717, 1.165) is 19.4 Å². The van der Waals surface area contributed by atoms with Crippen molar-refractivity contribution in [3.63, 3.8) is 0 Å². The number of carbonyl (C=O) groups is 1. The van der Waals surface area contributed by atoms with E-state index in [1.54, 1.807) is 10.9 Å². The average Bonchev–Trinajstić information content (AvgIpc) is 2.99. The maximum absolute atomic E-state index is 12.4. The topological polar surface area (TPSA) is 78.3 Å². The van der Waals surface area contributed by atoms with E-state index in [1.165, 1.54) is 6.20 Å². The highest BCUT2D eigenvalue weighted by atomic mass is 19.3. The number of hydrogen-bond acceptors (Lipinski definition) is 6. The van der Waals surface area contributed by atoms with E-state index in [0.29, 0.717) is 29.9 Å². The SMILES string of the molecule is CCn1ncc2c(NC3CCCOC3)c(C(=O)OF)cnc21. The fourth-order valence-electron chi connectivity index (χ4n) is 2.67. The van der Waals surface area contributed by atoms with Gasteiger partial charge in [0, 0.05) is 29.9 Å². The number of nitrogens with zero attached hydrogens (tertiary/aromatic N) is 3. The van der Waals surface area contributed by atoms with Gasteiger partial charge in [-0.1, -0.05) is 0 Å². The summed E-state index contributed by atoms with van der Waals surface area (Å²) >= 11 is 0. The number of pyridine rings is 1. The Morgan fingerprint density at radius 3 is 3.14 bits per heavy atom. The lowest BCUT2D eigenvalue weighted by atomic mass is 10.1. The van der Waals surface area contributed by atoms with E-state index >= 15 is 0 Å². The van der Waals surface area contributed by atoms with Crippen LogP contribution in [0.2, 0.25) is 0 Å². The van der Waals surface area contributed by atoms with E-state index in [1.807, 2.05) is 6.92 Å². The quantitative estimate of drug-likeness (QED) is 0.931. The lowest BCUT2D eigenvalue weighted by molar-refractivity contribution is -0.0787. The molecule has 1 fully saturated rings. The Balaban J connectivity index is 2.05. The van der Waals surface area contributed by atoms with Crippen LogP contribution in [0.3, 0.4) is 0 Å². The molecule has 7 nitrogen and oxygen atoms in total. The van der Waals surface area contributed by atoms with Gasteiger partial charge in [0.1, 0.15) is 5.56 Å². The van der Waals surface area contributed by atoms with Crippen LogP contribution >= 0.6 is 0 Å². The fraction of sp³-hybridized carbons (Fsp3) is 0.500. The molecular weight excluding hydrogens is 291 g/mol. The van der Waals surface area contributed by atoms with Crippen molar-refractivity contribution in [2.45, 2.75) is 32.4 Å². The average molecular weight is 308 g/mol. The number of aromatic nitrogens is 3. The minimum Gasteiger partial charge on any atom is -0.379 e. The summed E-state index contributed by atoms with van der Waals surface area (Å²) in [5.74, 6) is -1.07. The molecule has 0 saturated carbocycles. The van der Waals surface area contributed by atoms with E-state index in [9.17, 15) is 9.32 Å². The predicted molar refractivity (Wildman–Crippen MR) is 77.2 cm³/mol. The van der Waals surface area contributed by atoms with Crippen molar-refractivity contribution < 1.29 is 19.0 Å². The molecule has 1 unspecified atom stereocenters. The molecule has 8 heteroatoms. The first-order chi connectivity index (χ1) is 10.7. The molecule has 1 aliphatic rings. The monoisotopic (exact) mass is 308 g/mol. The third-order valence-electron chi connectivity index (χ3n) is 3.76. The van der Waals surface area contributed by atoms with Gasteiger partial charge in [-0.15, -0.1) is 0 Å². The van der Waals surface area contributed by atoms with Crippen LogP contribution in [0.15, 0.2) is 12.4 Å². The largest absolute Gasteiger partial charge is 0.383 e. The highest BCUT2D eigenvalue weighted by molar-refractivity contribution is 6.04. The first-order valence-corrected chi connectivity index (χ1v) is 7.26. The molecule has 22 heavy (non-hydrogen) atoms. The third-order valence-corrected chi connectivity index (χ3v) is 3.76. The summed E-state index contributed by atoms with van der Waals surface area (Å²) in [7, 11) is 0. The Hall–Kier alpha value is -2.22. The van der Waals surface area contributed by atoms with Gasteiger partial charge in [0.2, 0.25) is 0 Å². The van der Waals surface area contributed by atoms with Crippen molar-refractivity contribution in [1.82, 2.24) is 14.8 Å². The van der Waals surface area contributed by atoms with Gasteiger partial charge in [0.15, 0.2) is 5.65 Å². The molecule has 2 aromatic rings. The highest BCUT2D eigenvalue weighted by Gasteiger charge is 2.23. The molecule has 1 N–H and O–H groups in total. The lowest BCUT2D eigenvalue weighted by Gasteiger charge is -2.25. The zero-order valence-corrected chi connectivity index (χ0v) is 12.2. The number of anilines is 1. The number of carbonyl (C=O) groups excluding carboxylic acids is 1. The molecule has 3 rings (SSSR count). The summed E-state index contributed by atoms with van der Waals surface area (Å²) in [5, 5.41) is 8.15. The number of rotatable bonds is 4. The summed E-state index contributed by atoms with van der Waals surface area (Å²) in [4.78, 5) is 19.2. The van der Waals surface area contributed by atoms with Crippen molar-refractivity contribution in [3.8, 4) is 0 Å². The summed E-state index contributed by atoms with van der Waals surface area (Å²) in [6, 6.07) is 0.0514. The molecule has 3 heterocycles. The van der Waals surface area contributed by atoms with Gasteiger partial charge >= 0.3 is 5.97 Å². The molecule has 1 aliphatic heterocycles. The van der Waals surface area contributed by atoms with E-state index in [4.69, 9.17) is 4.74 Å². The molecule has 0 radical (unpaired) electrons. The van der Waals surface area contributed by atoms with Crippen LogP contribution in [0.5, 0.6) is 0 Å². The van der Waals surface area contributed by atoms with Crippen molar-refractivity contribution in [1.29, 1.82) is 0 Å². The molecule has 1 saturated heterocycles. The van der Waals surface area contributed by atoms with E-state index < -0.39 is 5.97 Å². The Bertz CT molecular complexity index is 682. The number of hydrogen-bond donors (Lipinski definition) is 1. The predicted octanol–water partition coefficient (Wildman–Crippen LogP) is 2.08.